The topological polar surface area (TPSA) is 83.0 Å². The minimum absolute atomic E-state index is 0.379. The molecule has 2 aromatic heterocycles. The molecule has 0 aliphatic heterocycles. The van der Waals surface area contributed by atoms with Crippen LogP contribution in [-0.4, -0.2) is 20.7 Å². The van der Waals surface area contributed by atoms with Crippen LogP contribution in [0.5, 0.6) is 5.75 Å². The number of amides is 1. The van der Waals surface area contributed by atoms with Gasteiger partial charge in [0.1, 0.15) is 18.1 Å². The van der Waals surface area contributed by atoms with Crippen LogP contribution in [0.3, 0.4) is 0 Å². The predicted molar refractivity (Wildman–Crippen MR) is 80.4 cm³/mol. The molecule has 3 rings (SSSR count). The van der Waals surface area contributed by atoms with E-state index in [2.05, 4.69) is 10.1 Å². The van der Waals surface area contributed by atoms with Crippen LogP contribution in [-0.2, 0) is 13.7 Å². The number of benzene rings is 1. The molecular formula is C14H14N4O2S. The number of thiazole rings is 1. The largest absolute Gasteiger partial charge is 0.488 e. The molecule has 2 heterocycles. The quantitative estimate of drug-likeness (QED) is 0.799. The summed E-state index contributed by atoms with van der Waals surface area (Å²) in [5, 5.41) is 4.95. The van der Waals surface area contributed by atoms with E-state index in [9.17, 15) is 4.79 Å². The molecule has 0 bridgehead atoms. The highest BCUT2D eigenvalue weighted by Gasteiger charge is 2.14. The first-order valence-electron chi connectivity index (χ1n) is 6.34. The molecule has 1 aromatic carbocycles. The number of rotatable bonds is 4. The smallest absolute Gasteiger partial charge is 0.267 e. The van der Waals surface area contributed by atoms with Crippen molar-refractivity contribution in [2.75, 3.05) is 0 Å². The molecule has 3 aromatic rings. The van der Waals surface area contributed by atoms with E-state index < -0.39 is 5.91 Å². The second-order valence-corrected chi connectivity index (χ2v) is 5.60. The molecule has 0 unspecified atom stereocenters. The molecule has 0 aliphatic carbocycles. The normalized spacial score (nSPS) is 11.0. The summed E-state index contributed by atoms with van der Waals surface area (Å²) in [7, 11) is 1.70. The van der Waals surface area contributed by atoms with E-state index in [1.807, 2.05) is 19.1 Å². The molecule has 0 saturated carbocycles. The lowest BCUT2D eigenvalue weighted by Gasteiger charge is -2.05. The minimum Gasteiger partial charge on any atom is -0.488 e. The van der Waals surface area contributed by atoms with Gasteiger partial charge in [0.2, 0.25) is 0 Å². The molecule has 6 nitrogen and oxygen atoms in total. The summed E-state index contributed by atoms with van der Waals surface area (Å²) >= 11 is 1.56. The number of ether oxygens (including phenoxy) is 1. The zero-order valence-corrected chi connectivity index (χ0v) is 12.5. The van der Waals surface area contributed by atoms with Crippen molar-refractivity contribution < 1.29 is 9.53 Å². The summed E-state index contributed by atoms with van der Waals surface area (Å²) in [5.41, 5.74) is 9.26. The fourth-order valence-corrected chi connectivity index (χ4v) is 2.86. The van der Waals surface area contributed by atoms with Gasteiger partial charge in [-0.1, -0.05) is 0 Å². The number of primary amides is 1. The maximum Gasteiger partial charge on any atom is 0.267 e. The molecule has 0 spiro atoms. The highest BCUT2D eigenvalue weighted by Crippen LogP contribution is 2.24. The zero-order valence-electron chi connectivity index (χ0n) is 11.7. The van der Waals surface area contributed by atoms with Crippen molar-refractivity contribution in [1.82, 2.24) is 14.8 Å². The summed E-state index contributed by atoms with van der Waals surface area (Å²) < 4.78 is 7.25. The van der Waals surface area contributed by atoms with Gasteiger partial charge in [0.15, 0.2) is 0 Å². The van der Waals surface area contributed by atoms with Crippen LogP contribution in [0.1, 0.15) is 21.1 Å². The van der Waals surface area contributed by atoms with Crippen LogP contribution in [0.15, 0.2) is 23.7 Å². The second kappa shape index (κ2) is 5.17. The van der Waals surface area contributed by atoms with Gasteiger partial charge in [-0.2, -0.15) is 5.10 Å². The maximum atomic E-state index is 11.5. The lowest BCUT2D eigenvalue weighted by atomic mass is 10.2. The Bertz CT molecular complexity index is 822. The third-order valence-electron chi connectivity index (χ3n) is 3.25. The molecule has 108 valence electrons. The van der Waals surface area contributed by atoms with Crippen molar-refractivity contribution in [1.29, 1.82) is 0 Å². The van der Waals surface area contributed by atoms with Gasteiger partial charge in [0, 0.05) is 12.4 Å². The van der Waals surface area contributed by atoms with Crippen molar-refractivity contribution in [3.05, 3.63) is 40.0 Å². The third kappa shape index (κ3) is 2.47. The Hall–Kier alpha value is -2.41. The van der Waals surface area contributed by atoms with Crippen LogP contribution in [0.4, 0.5) is 0 Å². The van der Waals surface area contributed by atoms with E-state index in [0.29, 0.717) is 29.0 Å². The SMILES string of the molecule is Cc1ncsc1COc1ccc2nn(C)c(C(N)=O)c2c1. The van der Waals surface area contributed by atoms with Crippen LogP contribution in [0.2, 0.25) is 0 Å². The van der Waals surface area contributed by atoms with Crippen molar-refractivity contribution in [3.63, 3.8) is 0 Å². The highest BCUT2D eigenvalue weighted by atomic mass is 32.1. The molecule has 2 N–H and O–H groups in total. The average molecular weight is 302 g/mol. The first-order chi connectivity index (χ1) is 10.1. The van der Waals surface area contributed by atoms with Crippen molar-refractivity contribution in [2.24, 2.45) is 12.8 Å². The molecular weight excluding hydrogens is 288 g/mol. The van der Waals surface area contributed by atoms with Crippen LogP contribution in [0.25, 0.3) is 10.9 Å². The number of carbonyl (C=O) groups excluding carboxylic acids is 1. The Labute approximate surface area is 125 Å². The molecule has 0 atom stereocenters. The number of nitrogens with zero attached hydrogens (tertiary/aromatic N) is 3. The van der Waals surface area contributed by atoms with Gasteiger partial charge in [0.25, 0.3) is 5.91 Å². The van der Waals surface area contributed by atoms with E-state index in [0.717, 1.165) is 10.6 Å². The molecule has 7 heteroatoms. The number of aryl methyl sites for hydroxylation is 2. The molecule has 21 heavy (non-hydrogen) atoms. The number of fused-ring (bicyclic) bond motifs is 1. The molecule has 1 amide bonds. The van der Waals surface area contributed by atoms with Crippen LogP contribution < -0.4 is 10.5 Å². The summed E-state index contributed by atoms with van der Waals surface area (Å²) in [6, 6.07) is 5.44. The Morgan fingerprint density at radius 3 is 2.95 bits per heavy atom. The number of nitrogens with two attached hydrogens (primary N) is 1. The molecule has 0 fully saturated rings. The average Bonchev–Trinajstić information content (AvgIpc) is 2.98. The van der Waals surface area contributed by atoms with Gasteiger partial charge in [-0.25, -0.2) is 4.98 Å². The van der Waals surface area contributed by atoms with E-state index >= 15 is 0 Å². The Kier molecular flexibility index (Phi) is 3.34. The van der Waals surface area contributed by atoms with Crippen molar-refractivity contribution in [3.8, 4) is 5.75 Å². The maximum absolute atomic E-state index is 11.5. The lowest BCUT2D eigenvalue weighted by molar-refractivity contribution is 0.0993. The number of hydrogen-bond donors (Lipinski definition) is 1. The van der Waals surface area contributed by atoms with Gasteiger partial charge in [-0.15, -0.1) is 11.3 Å². The van der Waals surface area contributed by atoms with Gasteiger partial charge in [-0.3, -0.25) is 9.48 Å². The molecule has 0 radical (unpaired) electrons. The monoisotopic (exact) mass is 302 g/mol. The second-order valence-electron chi connectivity index (χ2n) is 4.67. The summed E-state index contributed by atoms with van der Waals surface area (Å²) in [6.45, 7) is 2.40. The van der Waals surface area contributed by atoms with Crippen molar-refractivity contribution >= 4 is 28.1 Å². The predicted octanol–water partition coefficient (Wildman–Crippen LogP) is 2.02. The molecule has 0 saturated heterocycles. The summed E-state index contributed by atoms with van der Waals surface area (Å²) in [4.78, 5) is 16.8. The summed E-state index contributed by atoms with van der Waals surface area (Å²) in [5.74, 6) is 0.168. The Morgan fingerprint density at radius 1 is 1.48 bits per heavy atom. The Morgan fingerprint density at radius 2 is 2.29 bits per heavy atom. The van der Waals surface area contributed by atoms with E-state index in [-0.39, 0.29) is 0 Å². The standard InChI is InChI=1S/C14H14N4O2S/c1-8-12(21-7-16-8)6-20-9-3-4-11-10(5-9)13(14(15)19)18(2)17-11/h3-5,7H,6H2,1-2H3,(H2,15,19). The zero-order chi connectivity index (χ0) is 15.0. The minimum atomic E-state index is -0.504. The number of carbonyl (C=O) groups is 1. The Balaban J connectivity index is 1.91. The van der Waals surface area contributed by atoms with E-state index in [1.165, 1.54) is 4.68 Å². The first-order valence-corrected chi connectivity index (χ1v) is 7.22. The first kappa shape index (κ1) is 13.6. The lowest BCUT2D eigenvalue weighted by Crippen LogP contribution is -2.15. The van der Waals surface area contributed by atoms with Crippen LogP contribution >= 0.6 is 11.3 Å². The van der Waals surface area contributed by atoms with Gasteiger partial charge in [0.05, 0.1) is 21.6 Å². The fraction of sp³-hybridized carbons (Fsp3) is 0.214. The highest BCUT2D eigenvalue weighted by molar-refractivity contribution is 7.09. The fourth-order valence-electron chi connectivity index (χ4n) is 2.17. The summed E-state index contributed by atoms with van der Waals surface area (Å²) in [6.07, 6.45) is 0. The van der Waals surface area contributed by atoms with Crippen molar-refractivity contribution in [2.45, 2.75) is 13.5 Å². The third-order valence-corrected chi connectivity index (χ3v) is 4.16. The van der Waals surface area contributed by atoms with Gasteiger partial charge in [-0.05, 0) is 25.1 Å². The number of hydrogen-bond acceptors (Lipinski definition) is 5. The number of aromatic nitrogens is 3. The van der Waals surface area contributed by atoms with Crippen LogP contribution in [0, 0.1) is 6.92 Å². The van der Waals surface area contributed by atoms with E-state index in [1.54, 1.807) is 30.0 Å². The van der Waals surface area contributed by atoms with E-state index in [4.69, 9.17) is 10.5 Å². The molecule has 0 aliphatic rings. The van der Waals surface area contributed by atoms with Gasteiger partial charge < -0.3 is 10.5 Å². The van der Waals surface area contributed by atoms with Gasteiger partial charge >= 0.3 is 0 Å².